The van der Waals surface area contributed by atoms with Crippen LogP contribution in [0, 0.1) is 13.8 Å². The number of thiophene rings is 1. The van der Waals surface area contributed by atoms with E-state index in [2.05, 4.69) is 36.3 Å². The van der Waals surface area contributed by atoms with Crippen molar-refractivity contribution in [2.24, 2.45) is 0 Å². The highest BCUT2D eigenvalue weighted by Gasteiger charge is 2.26. The lowest BCUT2D eigenvalue weighted by Gasteiger charge is -2.28. The summed E-state index contributed by atoms with van der Waals surface area (Å²) in [4.78, 5) is 20.0. The van der Waals surface area contributed by atoms with E-state index < -0.39 is 0 Å². The van der Waals surface area contributed by atoms with Gasteiger partial charge in [0.15, 0.2) is 4.96 Å². The zero-order chi connectivity index (χ0) is 17.8. The molecule has 0 saturated heterocycles. The molecule has 1 amide bonds. The lowest BCUT2D eigenvalue weighted by molar-refractivity contribution is 0.0928. The Morgan fingerprint density at radius 1 is 1.35 bits per heavy atom. The minimum absolute atomic E-state index is 0.0249. The van der Waals surface area contributed by atoms with E-state index in [1.807, 2.05) is 22.0 Å². The van der Waals surface area contributed by atoms with Crippen LogP contribution >= 0.6 is 22.7 Å². The molecule has 3 aromatic heterocycles. The highest BCUT2D eigenvalue weighted by Crippen LogP contribution is 2.36. The van der Waals surface area contributed by atoms with Crippen LogP contribution in [0.15, 0.2) is 29.8 Å². The molecule has 5 nitrogen and oxygen atoms in total. The van der Waals surface area contributed by atoms with Gasteiger partial charge >= 0.3 is 0 Å². The molecule has 1 N–H and O–H groups in total. The van der Waals surface area contributed by atoms with E-state index >= 15 is 0 Å². The first-order valence-electron chi connectivity index (χ1n) is 8.50. The molecule has 1 aliphatic heterocycles. The molecule has 7 heteroatoms. The summed E-state index contributed by atoms with van der Waals surface area (Å²) < 4.78 is 7.87. The molecular weight excluding hydrogens is 366 g/mol. The number of nitrogens with one attached hydrogen (secondary N) is 1. The van der Waals surface area contributed by atoms with Gasteiger partial charge in [0, 0.05) is 23.6 Å². The van der Waals surface area contributed by atoms with E-state index in [1.54, 1.807) is 11.3 Å². The van der Waals surface area contributed by atoms with Gasteiger partial charge in [0.1, 0.15) is 10.6 Å². The molecule has 0 saturated carbocycles. The van der Waals surface area contributed by atoms with E-state index in [0.717, 1.165) is 38.6 Å². The van der Waals surface area contributed by atoms with Crippen LogP contribution in [0.4, 0.5) is 0 Å². The molecule has 26 heavy (non-hydrogen) atoms. The van der Waals surface area contributed by atoms with Gasteiger partial charge in [0.25, 0.3) is 5.91 Å². The number of nitrogens with zero attached hydrogens (tertiary/aromatic N) is 2. The Morgan fingerprint density at radius 3 is 3.12 bits per heavy atom. The number of rotatable bonds is 2. The first-order valence-corrected chi connectivity index (χ1v) is 10.2. The fourth-order valence-corrected chi connectivity index (χ4v) is 5.32. The van der Waals surface area contributed by atoms with Gasteiger partial charge in [-0.05, 0) is 25.5 Å². The van der Waals surface area contributed by atoms with Gasteiger partial charge in [0.05, 0.1) is 23.0 Å². The molecule has 1 atom stereocenters. The first-order chi connectivity index (χ1) is 12.6. The zero-order valence-electron chi connectivity index (χ0n) is 14.4. The second kappa shape index (κ2) is 5.82. The first kappa shape index (κ1) is 15.8. The van der Waals surface area contributed by atoms with Crippen molar-refractivity contribution in [3.8, 4) is 5.75 Å². The molecule has 132 valence electrons. The second-order valence-corrected chi connectivity index (χ2v) is 8.54. The van der Waals surface area contributed by atoms with E-state index in [1.165, 1.54) is 16.9 Å². The van der Waals surface area contributed by atoms with Crippen LogP contribution in [-0.2, 0) is 0 Å². The Bertz CT molecular complexity index is 1150. The van der Waals surface area contributed by atoms with Crippen molar-refractivity contribution in [2.45, 2.75) is 26.3 Å². The Hall–Kier alpha value is -2.38. The van der Waals surface area contributed by atoms with Crippen molar-refractivity contribution < 1.29 is 9.53 Å². The third kappa shape index (κ3) is 2.42. The third-order valence-electron chi connectivity index (χ3n) is 4.74. The summed E-state index contributed by atoms with van der Waals surface area (Å²) in [7, 11) is 0. The van der Waals surface area contributed by atoms with Crippen LogP contribution in [0.1, 0.15) is 38.8 Å². The zero-order valence-corrected chi connectivity index (χ0v) is 16.0. The van der Waals surface area contributed by atoms with Gasteiger partial charge in [-0.3, -0.25) is 9.20 Å². The average molecular weight is 383 g/mol. The SMILES string of the molecule is Cc1cc(C)c2c(c1)C(NC(=O)c1cc3c(nc4sccn43)s1)CCO2. The number of aromatic nitrogens is 2. The van der Waals surface area contributed by atoms with E-state index in [9.17, 15) is 4.79 Å². The number of benzene rings is 1. The summed E-state index contributed by atoms with van der Waals surface area (Å²) >= 11 is 3.04. The Labute approximate surface area is 158 Å². The summed E-state index contributed by atoms with van der Waals surface area (Å²) in [6.45, 7) is 4.74. The Morgan fingerprint density at radius 2 is 2.23 bits per heavy atom. The van der Waals surface area contributed by atoms with Gasteiger partial charge in [0.2, 0.25) is 0 Å². The maximum Gasteiger partial charge on any atom is 0.261 e. The van der Waals surface area contributed by atoms with Crippen molar-refractivity contribution in [3.63, 3.8) is 0 Å². The topological polar surface area (TPSA) is 55.6 Å². The van der Waals surface area contributed by atoms with Crippen molar-refractivity contribution in [1.29, 1.82) is 0 Å². The number of fused-ring (bicyclic) bond motifs is 4. The normalized spacial score (nSPS) is 16.6. The van der Waals surface area contributed by atoms with Crippen LogP contribution in [0.5, 0.6) is 5.75 Å². The van der Waals surface area contributed by atoms with Gasteiger partial charge in [-0.25, -0.2) is 4.98 Å². The molecule has 1 aliphatic rings. The van der Waals surface area contributed by atoms with Crippen LogP contribution < -0.4 is 10.1 Å². The largest absolute Gasteiger partial charge is 0.493 e. The summed E-state index contributed by atoms with van der Waals surface area (Å²) in [5.41, 5.74) is 4.37. The number of carbonyl (C=O) groups is 1. The highest BCUT2D eigenvalue weighted by atomic mass is 32.1. The number of hydrogen-bond acceptors (Lipinski definition) is 5. The van der Waals surface area contributed by atoms with Crippen LogP contribution in [0.2, 0.25) is 0 Å². The van der Waals surface area contributed by atoms with Crippen molar-refractivity contribution in [1.82, 2.24) is 14.7 Å². The monoisotopic (exact) mass is 383 g/mol. The fourth-order valence-electron chi connectivity index (χ4n) is 3.62. The van der Waals surface area contributed by atoms with Gasteiger partial charge in [-0.2, -0.15) is 0 Å². The van der Waals surface area contributed by atoms with Crippen LogP contribution in [-0.4, -0.2) is 21.9 Å². The maximum absolute atomic E-state index is 12.9. The minimum Gasteiger partial charge on any atom is -0.493 e. The maximum atomic E-state index is 12.9. The molecule has 1 aromatic carbocycles. The molecule has 4 heterocycles. The summed E-state index contributed by atoms with van der Waals surface area (Å²) in [5.74, 6) is 0.864. The molecule has 4 aromatic rings. The lowest BCUT2D eigenvalue weighted by Crippen LogP contribution is -2.32. The molecule has 0 radical (unpaired) electrons. The second-order valence-electron chi connectivity index (χ2n) is 6.63. The highest BCUT2D eigenvalue weighted by molar-refractivity contribution is 7.21. The molecule has 0 spiro atoms. The van der Waals surface area contributed by atoms with Gasteiger partial charge < -0.3 is 10.1 Å². The molecule has 0 bridgehead atoms. The quantitative estimate of drug-likeness (QED) is 0.555. The van der Waals surface area contributed by atoms with Crippen LogP contribution in [0.25, 0.3) is 15.3 Å². The number of imidazole rings is 1. The smallest absolute Gasteiger partial charge is 0.261 e. The molecular formula is C19H17N3O2S2. The summed E-state index contributed by atoms with van der Waals surface area (Å²) in [6.07, 6.45) is 2.77. The number of aryl methyl sites for hydroxylation is 2. The van der Waals surface area contributed by atoms with Gasteiger partial charge in [-0.15, -0.1) is 22.7 Å². The van der Waals surface area contributed by atoms with E-state index in [-0.39, 0.29) is 11.9 Å². The number of amides is 1. The number of hydrogen-bond donors (Lipinski definition) is 1. The van der Waals surface area contributed by atoms with Gasteiger partial charge in [-0.1, -0.05) is 17.7 Å². The average Bonchev–Trinajstić information content (AvgIpc) is 3.27. The van der Waals surface area contributed by atoms with Crippen LogP contribution in [0.3, 0.4) is 0 Å². The summed E-state index contributed by atoms with van der Waals surface area (Å²) in [6, 6.07) is 6.14. The van der Waals surface area contributed by atoms with Crippen molar-refractivity contribution in [3.05, 3.63) is 51.3 Å². The molecule has 0 aliphatic carbocycles. The predicted molar refractivity (Wildman–Crippen MR) is 105 cm³/mol. The number of carbonyl (C=O) groups excluding carboxylic acids is 1. The predicted octanol–water partition coefficient (Wildman–Crippen LogP) is 4.48. The number of thiazole rings is 1. The van der Waals surface area contributed by atoms with E-state index in [4.69, 9.17) is 4.74 Å². The standard InChI is InChI=1S/C19H17N3O2S2/c1-10-7-11(2)16-12(8-10)13(3-5-24-16)20-17(23)15-9-14-18(26-15)21-19-22(14)4-6-25-19/h4,6-9,13H,3,5H2,1-2H3,(H,20,23). The molecule has 5 rings (SSSR count). The Kier molecular flexibility index (Phi) is 3.55. The Balaban J connectivity index is 1.47. The molecule has 0 fully saturated rings. The number of ether oxygens (including phenoxy) is 1. The third-order valence-corrected chi connectivity index (χ3v) is 6.52. The minimum atomic E-state index is -0.0472. The summed E-state index contributed by atoms with van der Waals surface area (Å²) in [5, 5.41) is 5.20. The van der Waals surface area contributed by atoms with E-state index in [0.29, 0.717) is 11.5 Å². The fraction of sp³-hybridized carbons (Fsp3) is 0.263. The van der Waals surface area contributed by atoms with Crippen molar-refractivity contribution in [2.75, 3.05) is 6.61 Å². The molecule has 1 unspecified atom stereocenters. The van der Waals surface area contributed by atoms with Crippen molar-refractivity contribution >= 4 is 43.9 Å². The lowest BCUT2D eigenvalue weighted by atomic mass is 9.95.